The van der Waals surface area contributed by atoms with Gasteiger partial charge in [-0.1, -0.05) is 78.3 Å². The topological polar surface area (TPSA) is 771 Å². The second-order valence-corrected chi connectivity index (χ2v) is 27.7. The van der Waals surface area contributed by atoms with E-state index in [0.29, 0.717) is 5.56 Å². The van der Waals surface area contributed by atoms with Gasteiger partial charge in [0.15, 0.2) is 23.8 Å². The molecule has 0 saturated heterocycles. The van der Waals surface area contributed by atoms with Crippen LogP contribution in [0.25, 0.3) is 0 Å². The van der Waals surface area contributed by atoms with Crippen LogP contribution >= 0.6 is 12.6 Å². The number of rotatable bonds is 55. The Balaban J connectivity index is 3.91. The highest BCUT2D eigenvalue weighted by molar-refractivity contribution is 7.80. The van der Waals surface area contributed by atoms with Crippen molar-refractivity contribution >= 4 is 125 Å². The van der Waals surface area contributed by atoms with Crippen molar-refractivity contribution in [3.05, 3.63) is 35.9 Å². The Bertz CT molecular complexity index is 3460. The Kier molecular flexibility index (Phi) is 46.5. The highest BCUT2D eigenvalue weighted by Gasteiger charge is 2.39. The van der Waals surface area contributed by atoms with Gasteiger partial charge in [0.1, 0.15) is 72.5 Å². The van der Waals surface area contributed by atoms with Crippen molar-refractivity contribution in [2.24, 2.45) is 95.1 Å². The molecule has 0 radical (unpaired) electrons. The predicted octanol–water partition coefficient (Wildman–Crippen LogP) is -8.90. The number of aliphatic hydroxyl groups is 1. The third kappa shape index (κ3) is 40.4. The molecule has 0 unspecified atom stereocenters. The van der Waals surface area contributed by atoms with Crippen molar-refractivity contribution < 1.29 is 87.2 Å². The van der Waals surface area contributed by atoms with E-state index < -0.39 is 211 Å². The quantitative estimate of drug-likeness (QED) is 0.0125. The number of aliphatic carboxylic acids is 2. The number of hydrogen-bond acceptors (Lipinski definition) is 22. The van der Waals surface area contributed by atoms with Crippen molar-refractivity contribution in [2.75, 3.05) is 38.5 Å². The number of carboxylic acids is 2. The lowest BCUT2D eigenvalue weighted by molar-refractivity contribution is -0.143. The second-order valence-electron chi connectivity index (χ2n) is 27.4. The minimum atomic E-state index is -1.84. The SMILES string of the molecule is CC[C@H](C)[C@H](NC(=O)[C@H](CC(=O)O)NC(=O)CN)C(=O)N[C@@H](CCCN=C(N)N)C(=O)N[C@H](C(=O)N[C@@H](CCCN=C(N)N)C(=O)N[C@@H](CCCN=C(N)N)C(=O)N[C@@H](CC(C)C)C(=O)N[C@@H](Cc1ccccc1)C(=O)N[C@@H](CS)C(=O)N[C@@H](CCCN=C(N)N)C(=O)N[C@H](C(=O)N[C@@H](CCC(N)=O)C(=O)O)[C@@H](C)O)C(C)C. The number of aliphatic imine (C=N–C) groups is 4. The van der Waals surface area contributed by atoms with Gasteiger partial charge in [-0.3, -0.25) is 87.1 Å². The lowest BCUT2D eigenvalue weighted by atomic mass is 9.96. The van der Waals surface area contributed by atoms with Gasteiger partial charge in [0.2, 0.25) is 76.8 Å². The molecule has 35 N–H and O–H groups in total. The summed E-state index contributed by atoms with van der Waals surface area (Å²) < 4.78 is 0. The lowest BCUT2D eigenvalue weighted by Gasteiger charge is -2.30. The van der Waals surface area contributed by atoms with Crippen molar-refractivity contribution in [2.45, 2.75) is 217 Å². The minimum absolute atomic E-state index is 0.0125. The van der Waals surface area contributed by atoms with Gasteiger partial charge in [-0.05, 0) is 94.4 Å². The number of nitrogens with one attached hydrogen (secondary N) is 12. The number of nitrogens with two attached hydrogens (primary N) is 10. The van der Waals surface area contributed by atoms with Crippen LogP contribution < -0.4 is 121 Å². The van der Waals surface area contributed by atoms with Gasteiger partial charge >= 0.3 is 11.9 Å². The zero-order valence-electron chi connectivity index (χ0n) is 64.7. The summed E-state index contributed by atoms with van der Waals surface area (Å²) in [6.07, 6.45) is -4.26. The first-order chi connectivity index (χ1) is 53.0. The number of benzene rings is 1. The van der Waals surface area contributed by atoms with Gasteiger partial charge in [-0.25, -0.2) is 4.79 Å². The summed E-state index contributed by atoms with van der Waals surface area (Å²) in [7, 11) is 0. The molecule has 0 saturated carbocycles. The van der Waals surface area contributed by atoms with Gasteiger partial charge in [0.05, 0.1) is 19.1 Å². The van der Waals surface area contributed by atoms with Crippen molar-refractivity contribution in [1.29, 1.82) is 0 Å². The van der Waals surface area contributed by atoms with E-state index in [-0.39, 0.29) is 127 Å². The molecular formula is C68H118N26O18S. The molecule has 45 heteroatoms. The number of primary amides is 1. The molecule has 1 rings (SSSR count). The number of amides is 13. The van der Waals surface area contributed by atoms with Crippen LogP contribution in [0.2, 0.25) is 0 Å². The molecule has 0 aliphatic rings. The van der Waals surface area contributed by atoms with Crippen LogP contribution in [0, 0.1) is 17.8 Å². The first-order valence-electron chi connectivity index (χ1n) is 36.7. The monoisotopic (exact) mass is 1620 g/mol. The van der Waals surface area contributed by atoms with E-state index in [0.717, 1.165) is 6.92 Å². The average molecular weight is 1620 g/mol. The molecule has 13 amide bonds. The Morgan fingerprint density at radius 2 is 0.761 bits per heavy atom. The molecule has 0 aliphatic carbocycles. The van der Waals surface area contributed by atoms with Crippen LogP contribution in [-0.4, -0.2) is 245 Å². The average Bonchev–Trinajstić information content (AvgIpc) is 0.856. The number of carbonyl (C=O) groups is 15. The van der Waals surface area contributed by atoms with Crippen LogP contribution in [0.4, 0.5) is 0 Å². The standard InChI is InChI=1S/C68H118N26O18S/c1-8-35(6)51(93-59(106)45(30-49(98)99)83-48(97)31-69)62(109)87-41(21-15-27-82-68(77)78)55(102)92-50(34(4)5)61(108)86-39(19-13-25-80-66(73)74)53(100)84-38(18-12-24-79-65(71)72)54(101)89-43(28-33(2)3)57(104)90-44(29-37-16-10-9-11-17-37)58(105)91-46(32-113)60(107)85-40(20-14-26-81-67(75)76)56(103)94-52(36(7)95)63(110)88-42(64(111)112)22-23-47(70)96/h9-11,16-17,33-36,38-46,50-52,95,113H,8,12-15,18-32,69H2,1-7H3,(H2,70,96)(H,83,97)(H,84,100)(H,85,107)(H,86,108)(H,87,109)(H,88,110)(H,89,101)(H,90,104)(H,91,105)(H,92,102)(H,93,106)(H,94,103)(H,98,99)(H,111,112)(H4,71,72,79)(H4,73,74,80)(H4,75,76,81)(H4,77,78,82)/t35-,36+,38-,39-,40-,41-,42-,43-,44-,45-,46-,50-,51-,52-/m0/s1. The molecule has 1 aromatic rings. The maximum absolute atomic E-state index is 14.9. The molecule has 113 heavy (non-hydrogen) atoms. The van der Waals surface area contributed by atoms with E-state index in [9.17, 15) is 87.2 Å². The summed E-state index contributed by atoms with van der Waals surface area (Å²) in [5, 5.41) is 60.0. The third-order valence-corrected chi connectivity index (χ3v) is 17.4. The molecule has 0 bridgehead atoms. The third-order valence-electron chi connectivity index (χ3n) is 17.0. The van der Waals surface area contributed by atoms with Gasteiger partial charge in [0, 0.05) is 44.8 Å². The molecule has 44 nitrogen and oxygen atoms in total. The maximum atomic E-state index is 14.9. The first kappa shape index (κ1) is 99.6. The zero-order valence-corrected chi connectivity index (χ0v) is 65.6. The fraction of sp³-hybridized carbons (Fsp3) is 0.632. The second kappa shape index (κ2) is 52.7. The molecule has 1 aromatic carbocycles. The smallest absolute Gasteiger partial charge is 0.326 e. The fourth-order valence-electron chi connectivity index (χ4n) is 10.8. The molecule has 0 spiro atoms. The summed E-state index contributed by atoms with van der Waals surface area (Å²) in [6.45, 7) is 10.1. The number of aliphatic hydroxyl groups excluding tert-OH is 1. The molecule has 14 atom stereocenters. The van der Waals surface area contributed by atoms with E-state index in [4.69, 9.17) is 57.3 Å². The molecule has 0 aromatic heterocycles. The van der Waals surface area contributed by atoms with E-state index in [1.165, 1.54) is 0 Å². The Morgan fingerprint density at radius 1 is 0.416 bits per heavy atom. The van der Waals surface area contributed by atoms with Crippen molar-refractivity contribution in [1.82, 2.24) is 63.8 Å². The number of carbonyl (C=O) groups excluding carboxylic acids is 13. The Labute approximate surface area is 660 Å². The minimum Gasteiger partial charge on any atom is -0.481 e. The van der Waals surface area contributed by atoms with E-state index >= 15 is 0 Å². The highest BCUT2D eigenvalue weighted by atomic mass is 32.1. The first-order valence-corrected chi connectivity index (χ1v) is 37.3. The zero-order chi connectivity index (χ0) is 85.8. The van der Waals surface area contributed by atoms with Crippen LogP contribution in [0.3, 0.4) is 0 Å². The largest absolute Gasteiger partial charge is 0.481 e. The molecule has 0 fully saturated rings. The number of thiol groups is 1. The highest BCUT2D eigenvalue weighted by Crippen LogP contribution is 2.16. The van der Waals surface area contributed by atoms with Crippen LogP contribution in [0.15, 0.2) is 50.3 Å². The number of guanidine groups is 4. The molecular weight excluding hydrogens is 1500 g/mol. The fourth-order valence-corrected chi connectivity index (χ4v) is 11.0. The van der Waals surface area contributed by atoms with E-state index in [1.807, 2.05) is 0 Å². The molecule has 0 heterocycles. The summed E-state index contributed by atoms with van der Waals surface area (Å²) >= 11 is 4.31. The van der Waals surface area contributed by atoms with Crippen molar-refractivity contribution in [3.63, 3.8) is 0 Å². The summed E-state index contributed by atoms with van der Waals surface area (Å²) in [5.74, 6) is -19.2. The summed E-state index contributed by atoms with van der Waals surface area (Å²) in [4.78, 5) is 221. The van der Waals surface area contributed by atoms with Gasteiger partial charge < -0.3 is 136 Å². The van der Waals surface area contributed by atoms with Crippen LogP contribution in [0.1, 0.15) is 138 Å². The normalized spacial score (nSPS) is 14.7. The van der Waals surface area contributed by atoms with E-state index in [1.54, 1.807) is 71.9 Å². The Morgan fingerprint density at radius 3 is 1.14 bits per heavy atom. The van der Waals surface area contributed by atoms with Crippen molar-refractivity contribution in [3.8, 4) is 0 Å². The molecule has 634 valence electrons. The predicted molar refractivity (Wildman–Crippen MR) is 420 cm³/mol. The van der Waals surface area contributed by atoms with Crippen LogP contribution in [0.5, 0.6) is 0 Å². The van der Waals surface area contributed by atoms with Gasteiger partial charge in [0.25, 0.3) is 0 Å². The summed E-state index contributed by atoms with van der Waals surface area (Å²) in [5.41, 5.74) is 55.6. The van der Waals surface area contributed by atoms with Gasteiger partial charge in [-0.2, -0.15) is 12.6 Å². The Hall–Kier alpha value is -11.4. The summed E-state index contributed by atoms with van der Waals surface area (Å²) in [6, 6.07) is -10.6. The molecule has 0 aliphatic heterocycles. The number of carboxylic acid groups (broad SMARTS) is 2. The lowest BCUT2D eigenvalue weighted by Crippen LogP contribution is -2.62. The van der Waals surface area contributed by atoms with E-state index in [2.05, 4.69) is 96.4 Å². The van der Waals surface area contributed by atoms with Crippen LogP contribution in [-0.2, 0) is 78.3 Å². The number of nitrogens with zero attached hydrogens (tertiary/aromatic N) is 4. The van der Waals surface area contributed by atoms with Gasteiger partial charge in [-0.15, -0.1) is 0 Å². The number of hydrogen-bond donors (Lipinski definition) is 26. The maximum Gasteiger partial charge on any atom is 0.326 e.